The highest BCUT2D eigenvalue weighted by Crippen LogP contribution is 1.91. The Hall–Kier alpha value is -1.14. The highest BCUT2D eigenvalue weighted by Gasteiger charge is 2.13. The molecule has 0 rings (SSSR count). The van der Waals surface area contributed by atoms with Gasteiger partial charge in [0.05, 0.1) is 6.67 Å². The zero-order valence-corrected chi connectivity index (χ0v) is 9.65. The van der Waals surface area contributed by atoms with Gasteiger partial charge in [0, 0.05) is 28.3 Å². The Morgan fingerprint density at radius 1 is 0.933 bits per heavy atom. The molecule has 0 aromatic heterocycles. The van der Waals surface area contributed by atoms with Gasteiger partial charge in [-0.3, -0.25) is 9.59 Å². The molecule has 0 saturated carbocycles. The number of likely N-dealkylation sites (N-methyl/N-ethyl adjacent to an activating group) is 2. The first-order chi connectivity index (χ1) is 7.02. The average Bonchev–Trinajstić information content (AvgIpc) is 2.18. The third-order valence-electron chi connectivity index (χ3n) is 1.81. The van der Waals surface area contributed by atoms with Crippen LogP contribution in [-0.2, 0) is 19.1 Å². The van der Waals surface area contributed by atoms with Crippen molar-refractivity contribution in [2.24, 2.45) is 0 Å². The molecule has 0 aromatic rings. The van der Waals surface area contributed by atoms with E-state index < -0.39 is 0 Å². The fourth-order valence-electron chi connectivity index (χ4n) is 0.943. The van der Waals surface area contributed by atoms with Gasteiger partial charge in [-0.15, -0.1) is 0 Å². The largest absolute Gasteiger partial charge is 0.375 e. The third kappa shape index (κ3) is 5.34. The minimum Gasteiger partial charge on any atom is -0.375 e. The first-order valence-electron chi connectivity index (χ1n) is 4.48. The van der Waals surface area contributed by atoms with Crippen molar-refractivity contribution in [3.8, 4) is 0 Å². The van der Waals surface area contributed by atoms with Gasteiger partial charge >= 0.3 is 0 Å². The lowest BCUT2D eigenvalue weighted by Crippen LogP contribution is -2.42. The standard InChI is InChI=1S/C9H18N2O4/c1-10(8(12)5-14-3)7-11(2)9(13)6-15-4/h5-7H2,1-4H3. The van der Waals surface area contributed by atoms with Gasteiger partial charge in [0.1, 0.15) is 13.2 Å². The Morgan fingerprint density at radius 3 is 1.53 bits per heavy atom. The van der Waals surface area contributed by atoms with E-state index in [1.807, 2.05) is 0 Å². The lowest BCUT2D eigenvalue weighted by atomic mass is 10.5. The summed E-state index contributed by atoms with van der Waals surface area (Å²) in [6.07, 6.45) is 0. The maximum atomic E-state index is 11.3. The van der Waals surface area contributed by atoms with E-state index in [0.29, 0.717) is 0 Å². The minimum absolute atomic E-state index is 0.0167. The van der Waals surface area contributed by atoms with Crippen LogP contribution in [-0.4, -0.2) is 69.8 Å². The van der Waals surface area contributed by atoms with Crippen LogP contribution in [0.15, 0.2) is 0 Å². The van der Waals surface area contributed by atoms with Crippen LogP contribution in [0.4, 0.5) is 0 Å². The quantitative estimate of drug-likeness (QED) is 0.545. The van der Waals surface area contributed by atoms with E-state index in [0.717, 1.165) is 0 Å². The molecule has 0 aromatic carbocycles. The normalized spacial score (nSPS) is 9.87. The second-order valence-electron chi connectivity index (χ2n) is 3.19. The Morgan fingerprint density at radius 2 is 1.27 bits per heavy atom. The molecule has 0 aliphatic rings. The lowest BCUT2D eigenvalue weighted by Gasteiger charge is -2.24. The number of nitrogens with zero attached hydrogens (tertiary/aromatic N) is 2. The number of ether oxygens (including phenoxy) is 2. The van der Waals surface area contributed by atoms with Crippen molar-refractivity contribution in [3.05, 3.63) is 0 Å². The smallest absolute Gasteiger partial charge is 0.249 e. The highest BCUT2D eigenvalue weighted by atomic mass is 16.5. The number of carbonyl (C=O) groups excluding carboxylic acids is 2. The van der Waals surface area contributed by atoms with Crippen LogP contribution in [0.25, 0.3) is 0 Å². The molecule has 0 heterocycles. The minimum atomic E-state index is -0.172. The van der Waals surface area contributed by atoms with Crippen molar-refractivity contribution in [3.63, 3.8) is 0 Å². The van der Waals surface area contributed by atoms with Crippen molar-refractivity contribution in [2.75, 3.05) is 48.2 Å². The Kier molecular flexibility index (Phi) is 6.64. The van der Waals surface area contributed by atoms with E-state index in [4.69, 9.17) is 9.47 Å². The predicted octanol–water partition coefficient (Wildman–Crippen LogP) is -0.846. The number of amides is 2. The average molecular weight is 218 g/mol. The summed E-state index contributed by atoms with van der Waals surface area (Å²) in [6.45, 7) is 0.260. The Balaban J connectivity index is 3.99. The summed E-state index contributed by atoms with van der Waals surface area (Å²) in [7, 11) is 6.12. The molecule has 0 aliphatic carbocycles. The summed E-state index contributed by atoms with van der Waals surface area (Å²) in [5, 5.41) is 0. The Labute approximate surface area is 89.7 Å². The van der Waals surface area contributed by atoms with Gasteiger partial charge in [-0.1, -0.05) is 0 Å². The van der Waals surface area contributed by atoms with E-state index in [-0.39, 0.29) is 31.7 Å². The number of hydrogen-bond acceptors (Lipinski definition) is 4. The number of methoxy groups -OCH3 is 2. The zero-order chi connectivity index (χ0) is 11.8. The molecule has 0 N–H and O–H groups in total. The van der Waals surface area contributed by atoms with Gasteiger partial charge in [0.15, 0.2) is 0 Å². The number of hydrogen-bond donors (Lipinski definition) is 0. The molecule has 15 heavy (non-hydrogen) atoms. The van der Waals surface area contributed by atoms with Crippen LogP contribution in [0.3, 0.4) is 0 Å². The molecule has 6 nitrogen and oxygen atoms in total. The van der Waals surface area contributed by atoms with Crippen LogP contribution in [0, 0.1) is 0 Å². The first-order valence-corrected chi connectivity index (χ1v) is 4.48. The SMILES string of the molecule is COCC(=O)N(C)CN(C)C(=O)COC. The summed E-state index contributed by atoms with van der Waals surface area (Å²) >= 11 is 0. The summed E-state index contributed by atoms with van der Waals surface area (Å²) in [6, 6.07) is 0. The van der Waals surface area contributed by atoms with Crippen LogP contribution in [0.5, 0.6) is 0 Å². The molecule has 0 spiro atoms. The third-order valence-corrected chi connectivity index (χ3v) is 1.81. The van der Waals surface area contributed by atoms with Gasteiger partial charge in [-0.05, 0) is 0 Å². The maximum absolute atomic E-state index is 11.3. The van der Waals surface area contributed by atoms with Gasteiger partial charge < -0.3 is 19.3 Å². The summed E-state index contributed by atoms with van der Waals surface area (Å²) < 4.78 is 9.39. The summed E-state index contributed by atoms with van der Waals surface area (Å²) in [5.74, 6) is -0.343. The van der Waals surface area contributed by atoms with Crippen LogP contribution in [0.1, 0.15) is 0 Å². The predicted molar refractivity (Wildman–Crippen MR) is 54.2 cm³/mol. The molecule has 6 heteroatoms. The summed E-state index contributed by atoms with van der Waals surface area (Å²) in [5.41, 5.74) is 0. The summed E-state index contributed by atoms with van der Waals surface area (Å²) in [4.78, 5) is 25.4. The van der Waals surface area contributed by atoms with E-state index in [9.17, 15) is 9.59 Å². The van der Waals surface area contributed by atoms with E-state index in [2.05, 4.69) is 0 Å². The number of carbonyl (C=O) groups is 2. The zero-order valence-electron chi connectivity index (χ0n) is 9.65. The van der Waals surface area contributed by atoms with Crippen molar-refractivity contribution >= 4 is 11.8 Å². The lowest BCUT2D eigenvalue weighted by molar-refractivity contribution is -0.141. The molecule has 0 bridgehead atoms. The molecular formula is C9H18N2O4. The molecular weight excluding hydrogens is 200 g/mol. The molecule has 0 saturated heterocycles. The van der Waals surface area contributed by atoms with Crippen LogP contribution in [0.2, 0.25) is 0 Å². The molecule has 2 amide bonds. The van der Waals surface area contributed by atoms with Gasteiger partial charge in [0.2, 0.25) is 11.8 Å². The first kappa shape index (κ1) is 13.9. The van der Waals surface area contributed by atoms with Gasteiger partial charge in [0.25, 0.3) is 0 Å². The maximum Gasteiger partial charge on any atom is 0.249 e. The number of rotatable bonds is 6. The highest BCUT2D eigenvalue weighted by molar-refractivity contribution is 5.79. The topological polar surface area (TPSA) is 59.1 Å². The van der Waals surface area contributed by atoms with E-state index in [1.165, 1.54) is 24.0 Å². The molecule has 88 valence electrons. The fraction of sp³-hybridized carbons (Fsp3) is 0.778. The van der Waals surface area contributed by atoms with Crippen molar-refractivity contribution in [1.29, 1.82) is 0 Å². The second kappa shape index (κ2) is 7.19. The molecule has 0 aliphatic heterocycles. The van der Waals surface area contributed by atoms with Crippen molar-refractivity contribution < 1.29 is 19.1 Å². The van der Waals surface area contributed by atoms with Crippen molar-refractivity contribution in [2.45, 2.75) is 0 Å². The van der Waals surface area contributed by atoms with Crippen molar-refractivity contribution in [1.82, 2.24) is 9.80 Å². The Bertz CT molecular complexity index is 198. The van der Waals surface area contributed by atoms with Crippen LogP contribution >= 0.6 is 0 Å². The molecule has 0 radical (unpaired) electrons. The fourth-order valence-corrected chi connectivity index (χ4v) is 0.943. The second-order valence-corrected chi connectivity index (χ2v) is 3.19. The van der Waals surface area contributed by atoms with E-state index >= 15 is 0 Å². The molecule has 0 fully saturated rings. The molecule has 0 unspecified atom stereocenters. The van der Waals surface area contributed by atoms with E-state index in [1.54, 1.807) is 14.1 Å². The van der Waals surface area contributed by atoms with Crippen LogP contribution < -0.4 is 0 Å². The van der Waals surface area contributed by atoms with Gasteiger partial charge in [-0.25, -0.2) is 0 Å². The monoisotopic (exact) mass is 218 g/mol. The molecule has 0 atom stereocenters. The van der Waals surface area contributed by atoms with Gasteiger partial charge in [-0.2, -0.15) is 0 Å².